The van der Waals surface area contributed by atoms with E-state index in [0.29, 0.717) is 0 Å². The van der Waals surface area contributed by atoms with E-state index in [1.807, 2.05) is 0 Å². The Hall–Kier alpha value is 1.72. The van der Waals surface area contributed by atoms with Crippen LogP contribution in [0.25, 0.3) is 0 Å². The summed E-state index contributed by atoms with van der Waals surface area (Å²) in [7, 11) is 0. The second-order valence-corrected chi connectivity index (χ2v) is 0.429. The Morgan fingerprint density at radius 2 is 0.857 bits per heavy atom. The zero-order valence-electron chi connectivity index (χ0n) is 6.01. The summed E-state index contributed by atoms with van der Waals surface area (Å²) in [5, 5.41) is 0. The quantitative estimate of drug-likeness (QED) is 0.233. The van der Waals surface area contributed by atoms with Crippen molar-refractivity contribution in [2.45, 2.75) is 6.43 Å². The molecule has 0 spiro atoms. The zero-order chi connectivity index (χ0) is 4.50. The summed E-state index contributed by atoms with van der Waals surface area (Å²) in [6, 6.07) is 0. The van der Waals surface area contributed by atoms with E-state index >= 15 is 0 Å². The Morgan fingerprint density at radius 3 is 0.857 bits per heavy atom. The van der Waals surface area contributed by atoms with Crippen molar-refractivity contribution < 1.29 is 79.5 Å². The van der Waals surface area contributed by atoms with Crippen LogP contribution in [-0.2, 0) is 0 Å². The summed E-state index contributed by atoms with van der Waals surface area (Å²) in [6.07, 6.45) is -5.50. The van der Waals surface area contributed by atoms with Gasteiger partial charge in [0.2, 0.25) is 0 Å². The fraction of sp³-hybridized carbons (Fsp3) is 1.00. The number of hydrogen-bond acceptors (Lipinski definition) is 0. The molecule has 0 aliphatic carbocycles. The van der Waals surface area contributed by atoms with Crippen molar-refractivity contribution in [3.05, 3.63) is 0 Å². The molecule has 0 nitrogen and oxygen atoms in total. The van der Waals surface area contributed by atoms with Gasteiger partial charge in [0, 0.05) is 0 Å². The fourth-order valence-corrected chi connectivity index (χ4v) is 0. The first-order chi connectivity index (χ1) is 2.00. The average molecular weight is 136 g/mol. The molecule has 0 amide bonds. The Balaban J connectivity index is -0.0000000133. The molecule has 0 saturated heterocycles. The molecule has 0 atom stereocenters. The Bertz CT molecular complexity index is 32.0. The van der Waals surface area contributed by atoms with Gasteiger partial charge < -0.3 is 2.85 Å². The standard InChI is InChI=1S/CF4.2Na.2H/c2-1(3,4)5;;;;/q;2*+1;2*-1. The molecule has 0 fully saturated rings. The van der Waals surface area contributed by atoms with E-state index in [1.54, 1.807) is 0 Å². The Morgan fingerprint density at radius 1 is 0.857 bits per heavy atom. The third-order valence-corrected chi connectivity index (χ3v) is 0. The van der Waals surface area contributed by atoms with E-state index in [-0.39, 0.29) is 62.0 Å². The van der Waals surface area contributed by atoms with E-state index in [2.05, 4.69) is 0 Å². The van der Waals surface area contributed by atoms with Crippen LogP contribution in [0.15, 0.2) is 0 Å². The predicted molar refractivity (Wildman–Crippen MR) is 9.39 cm³/mol. The summed E-state index contributed by atoms with van der Waals surface area (Å²) < 4.78 is 38.8. The van der Waals surface area contributed by atoms with Gasteiger partial charge in [0.1, 0.15) is 0 Å². The molecular weight excluding hydrogens is 134 g/mol. The van der Waals surface area contributed by atoms with E-state index < -0.39 is 6.43 Å². The van der Waals surface area contributed by atoms with Gasteiger partial charge in [-0.25, -0.2) is 0 Å². The van der Waals surface area contributed by atoms with Gasteiger partial charge in [0.25, 0.3) is 0 Å². The first-order valence-electron chi connectivity index (χ1n) is 0.756. The van der Waals surface area contributed by atoms with Crippen LogP contribution in [0, 0.1) is 0 Å². The normalized spacial score (nSPS) is 8.57. The first kappa shape index (κ1) is 15.9. The number of halogens is 4. The van der Waals surface area contributed by atoms with Crippen molar-refractivity contribution in [1.29, 1.82) is 0 Å². The molecule has 6 heteroatoms. The SMILES string of the molecule is FC(F)(F)F.[H-].[H-].[Na+].[Na+]. The van der Waals surface area contributed by atoms with Crippen molar-refractivity contribution in [1.82, 2.24) is 0 Å². The topological polar surface area (TPSA) is 0 Å². The van der Waals surface area contributed by atoms with Crippen molar-refractivity contribution in [2.75, 3.05) is 0 Å². The molecule has 0 aromatic carbocycles. The summed E-state index contributed by atoms with van der Waals surface area (Å²) in [5.74, 6) is 0. The van der Waals surface area contributed by atoms with E-state index in [1.165, 1.54) is 0 Å². The second kappa shape index (κ2) is 5.85. The molecule has 36 valence electrons. The van der Waals surface area contributed by atoms with Crippen molar-refractivity contribution in [3.63, 3.8) is 0 Å². The van der Waals surface area contributed by atoms with Crippen LogP contribution in [0.5, 0.6) is 0 Å². The van der Waals surface area contributed by atoms with Gasteiger partial charge in [-0.3, -0.25) is 0 Å². The molecule has 0 aliphatic heterocycles. The molecule has 0 aliphatic rings. The van der Waals surface area contributed by atoms with Crippen LogP contribution < -0.4 is 59.1 Å². The average Bonchev–Trinajstić information content (AvgIpc) is 0.722. The van der Waals surface area contributed by atoms with Crippen LogP contribution in [0.4, 0.5) is 17.6 Å². The number of hydrogen-bond donors (Lipinski definition) is 0. The van der Waals surface area contributed by atoms with E-state index in [9.17, 15) is 17.6 Å². The van der Waals surface area contributed by atoms with Crippen LogP contribution >= 0.6 is 0 Å². The smallest absolute Gasteiger partial charge is 1.00 e. The molecular formula is CH2F4Na2. The zero-order valence-corrected chi connectivity index (χ0v) is 8.01. The van der Waals surface area contributed by atoms with Gasteiger partial charge in [-0.1, -0.05) is 0 Å². The molecule has 0 saturated carbocycles. The number of alkyl halides is 4. The van der Waals surface area contributed by atoms with Gasteiger partial charge in [-0.2, -0.15) is 0 Å². The molecule has 0 N–H and O–H groups in total. The maximum atomic E-state index is 9.69. The minimum atomic E-state index is -5.50. The molecule has 0 aromatic heterocycles. The third-order valence-electron chi connectivity index (χ3n) is 0. The summed E-state index contributed by atoms with van der Waals surface area (Å²) in [6.45, 7) is 0. The number of rotatable bonds is 0. The molecule has 7 heavy (non-hydrogen) atoms. The third kappa shape index (κ3) is 85.4. The first-order valence-corrected chi connectivity index (χ1v) is 0.756. The fourth-order valence-electron chi connectivity index (χ4n) is 0. The van der Waals surface area contributed by atoms with Crippen LogP contribution in [0.2, 0.25) is 0 Å². The largest absolute Gasteiger partial charge is 1.00 e. The van der Waals surface area contributed by atoms with Crippen LogP contribution in [0.3, 0.4) is 0 Å². The van der Waals surface area contributed by atoms with Crippen LogP contribution in [-0.4, -0.2) is 6.43 Å². The van der Waals surface area contributed by atoms with Gasteiger partial charge >= 0.3 is 65.5 Å². The van der Waals surface area contributed by atoms with Gasteiger partial charge in [0.05, 0.1) is 0 Å². The summed E-state index contributed by atoms with van der Waals surface area (Å²) >= 11 is 0. The molecule has 0 unspecified atom stereocenters. The van der Waals surface area contributed by atoms with Gasteiger partial charge in [-0.15, -0.1) is 17.6 Å². The Labute approximate surface area is 85.2 Å². The van der Waals surface area contributed by atoms with Crippen molar-refractivity contribution in [3.8, 4) is 0 Å². The van der Waals surface area contributed by atoms with E-state index in [4.69, 9.17) is 0 Å². The minimum absolute atomic E-state index is 0. The Kier molecular flexibility index (Phi) is 13.3. The summed E-state index contributed by atoms with van der Waals surface area (Å²) in [5.41, 5.74) is 0. The maximum absolute atomic E-state index is 9.69. The molecule has 0 rings (SSSR count). The molecule has 0 aromatic rings. The second-order valence-electron chi connectivity index (χ2n) is 0.429. The van der Waals surface area contributed by atoms with Gasteiger partial charge in [-0.05, 0) is 0 Å². The van der Waals surface area contributed by atoms with Gasteiger partial charge in [0.15, 0.2) is 0 Å². The predicted octanol–water partition coefficient (Wildman–Crippen LogP) is -4.29. The molecule has 0 heterocycles. The van der Waals surface area contributed by atoms with Crippen molar-refractivity contribution in [2.24, 2.45) is 0 Å². The molecule has 0 bridgehead atoms. The van der Waals surface area contributed by atoms with Crippen molar-refractivity contribution >= 4 is 0 Å². The summed E-state index contributed by atoms with van der Waals surface area (Å²) in [4.78, 5) is 0. The minimum Gasteiger partial charge on any atom is -1.00 e. The van der Waals surface area contributed by atoms with Crippen LogP contribution in [0.1, 0.15) is 2.85 Å². The molecule has 0 radical (unpaired) electrons. The monoisotopic (exact) mass is 136 g/mol. The van der Waals surface area contributed by atoms with E-state index in [0.717, 1.165) is 0 Å². The maximum Gasteiger partial charge on any atom is 1.00 e.